The Morgan fingerprint density at radius 2 is 2.21 bits per heavy atom. The van der Waals surface area contributed by atoms with Crippen LogP contribution < -0.4 is 10.6 Å². The van der Waals surface area contributed by atoms with E-state index in [4.69, 9.17) is 0 Å². The van der Waals surface area contributed by atoms with E-state index in [9.17, 15) is 4.79 Å². The van der Waals surface area contributed by atoms with Gasteiger partial charge in [-0.05, 0) is 26.0 Å². The van der Waals surface area contributed by atoms with E-state index >= 15 is 0 Å². The van der Waals surface area contributed by atoms with Crippen LogP contribution in [0.4, 0.5) is 5.69 Å². The Kier molecular flexibility index (Phi) is 4.11. The fourth-order valence-electron chi connectivity index (χ4n) is 1.58. The lowest BCUT2D eigenvalue weighted by Crippen LogP contribution is -2.27. The van der Waals surface area contributed by atoms with Crippen molar-refractivity contribution in [3.05, 3.63) is 40.1 Å². The lowest BCUT2D eigenvalue weighted by atomic mass is 10.3. The standard InChI is InChI=1S/C13H16N4OS/c1-8-7-19-13(16-8)9(2)17-12(18)11-5-4-10(14-3)6-15-11/h4-7,9,14H,1-3H3,(H,17,18). The maximum atomic E-state index is 12.0. The third kappa shape index (κ3) is 3.29. The molecule has 2 rings (SSSR count). The van der Waals surface area contributed by atoms with Crippen LogP contribution in [0.5, 0.6) is 0 Å². The molecule has 0 saturated carbocycles. The van der Waals surface area contributed by atoms with Crippen LogP contribution in [0.2, 0.25) is 0 Å². The maximum Gasteiger partial charge on any atom is 0.270 e. The molecule has 19 heavy (non-hydrogen) atoms. The number of aromatic nitrogens is 2. The molecule has 1 unspecified atom stereocenters. The predicted octanol–water partition coefficient (Wildman–Crippen LogP) is 2.38. The number of pyridine rings is 1. The first-order valence-electron chi connectivity index (χ1n) is 5.97. The molecule has 0 aliphatic heterocycles. The molecule has 0 aliphatic carbocycles. The summed E-state index contributed by atoms with van der Waals surface area (Å²) in [5.41, 5.74) is 2.25. The second kappa shape index (κ2) is 5.79. The predicted molar refractivity (Wildman–Crippen MR) is 76.5 cm³/mol. The number of thiazole rings is 1. The zero-order chi connectivity index (χ0) is 13.8. The molecular weight excluding hydrogens is 260 g/mol. The lowest BCUT2D eigenvalue weighted by molar-refractivity contribution is 0.0935. The summed E-state index contributed by atoms with van der Waals surface area (Å²) in [4.78, 5) is 20.5. The van der Waals surface area contributed by atoms with Gasteiger partial charge >= 0.3 is 0 Å². The Morgan fingerprint density at radius 1 is 1.42 bits per heavy atom. The average Bonchev–Trinajstić information content (AvgIpc) is 2.85. The number of hydrogen-bond donors (Lipinski definition) is 2. The summed E-state index contributed by atoms with van der Waals surface area (Å²) in [7, 11) is 1.81. The highest BCUT2D eigenvalue weighted by atomic mass is 32.1. The maximum absolute atomic E-state index is 12.0. The highest BCUT2D eigenvalue weighted by molar-refractivity contribution is 7.09. The molecule has 2 heterocycles. The second-order valence-corrected chi connectivity index (χ2v) is 5.09. The van der Waals surface area contributed by atoms with E-state index < -0.39 is 0 Å². The minimum atomic E-state index is -0.192. The summed E-state index contributed by atoms with van der Waals surface area (Å²) in [6.07, 6.45) is 1.63. The van der Waals surface area contributed by atoms with Gasteiger partial charge in [-0.15, -0.1) is 11.3 Å². The Bertz CT molecular complexity index is 564. The van der Waals surface area contributed by atoms with E-state index in [1.54, 1.807) is 23.6 Å². The number of carbonyl (C=O) groups is 1. The van der Waals surface area contributed by atoms with Crippen molar-refractivity contribution in [2.24, 2.45) is 0 Å². The molecular formula is C13H16N4OS. The van der Waals surface area contributed by atoms with E-state index in [-0.39, 0.29) is 11.9 Å². The van der Waals surface area contributed by atoms with Gasteiger partial charge in [0.1, 0.15) is 10.7 Å². The average molecular weight is 276 g/mol. The first-order chi connectivity index (χ1) is 9.10. The summed E-state index contributed by atoms with van der Waals surface area (Å²) in [5.74, 6) is -0.192. The van der Waals surface area contributed by atoms with Crippen LogP contribution in [0.3, 0.4) is 0 Å². The molecule has 100 valence electrons. The summed E-state index contributed by atoms with van der Waals surface area (Å²) in [6.45, 7) is 3.85. The Balaban J connectivity index is 2.03. The largest absolute Gasteiger partial charge is 0.387 e. The fourth-order valence-corrected chi connectivity index (χ4v) is 2.38. The number of rotatable bonds is 4. The van der Waals surface area contributed by atoms with Gasteiger partial charge in [-0.2, -0.15) is 0 Å². The van der Waals surface area contributed by atoms with E-state index in [2.05, 4.69) is 20.6 Å². The summed E-state index contributed by atoms with van der Waals surface area (Å²) < 4.78 is 0. The third-order valence-electron chi connectivity index (χ3n) is 2.64. The molecule has 0 bridgehead atoms. The van der Waals surface area contributed by atoms with E-state index in [1.165, 1.54) is 0 Å². The number of anilines is 1. The van der Waals surface area contributed by atoms with Gasteiger partial charge in [0.25, 0.3) is 5.91 Å². The Labute approximate surface area is 116 Å². The molecule has 1 amide bonds. The van der Waals surface area contributed by atoms with Crippen molar-refractivity contribution in [2.75, 3.05) is 12.4 Å². The monoisotopic (exact) mass is 276 g/mol. The molecule has 6 heteroatoms. The number of aryl methyl sites for hydroxylation is 1. The molecule has 0 fully saturated rings. The molecule has 0 aliphatic rings. The van der Waals surface area contributed by atoms with Gasteiger partial charge in [0.2, 0.25) is 0 Å². The van der Waals surface area contributed by atoms with Gasteiger partial charge in [-0.25, -0.2) is 9.97 Å². The van der Waals surface area contributed by atoms with Gasteiger partial charge < -0.3 is 10.6 Å². The van der Waals surface area contributed by atoms with Crippen LogP contribution in [-0.4, -0.2) is 22.9 Å². The van der Waals surface area contributed by atoms with Crippen LogP contribution in [0.15, 0.2) is 23.7 Å². The van der Waals surface area contributed by atoms with Crippen molar-refractivity contribution in [3.63, 3.8) is 0 Å². The minimum absolute atomic E-state index is 0.114. The zero-order valence-electron chi connectivity index (χ0n) is 11.1. The molecule has 2 N–H and O–H groups in total. The molecule has 0 radical (unpaired) electrons. The number of nitrogens with one attached hydrogen (secondary N) is 2. The Morgan fingerprint density at radius 3 is 2.74 bits per heavy atom. The van der Waals surface area contributed by atoms with Gasteiger partial charge in [0.15, 0.2) is 0 Å². The van der Waals surface area contributed by atoms with Crippen LogP contribution in [0, 0.1) is 6.92 Å². The molecule has 0 spiro atoms. The smallest absolute Gasteiger partial charge is 0.270 e. The van der Waals surface area contributed by atoms with Gasteiger partial charge in [0, 0.05) is 18.1 Å². The van der Waals surface area contributed by atoms with Crippen LogP contribution in [0.25, 0.3) is 0 Å². The van der Waals surface area contributed by atoms with Crippen molar-refractivity contribution >= 4 is 22.9 Å². The van der Waals surface area contributed by atoms with Crippen molar-refractivity contribution in [1.29, 1.82) is 0 Å². The topological polar surface area (TPSA) is 66.9 Å². The first-order valence-corrected chi connectivity index (χ1v) is 6.85. The molecule has 1 atom stereocenters. The number of hydrogen-bond acceptors (Lipinski definition) is 5. The molecule has 0 saturated heterocycles. The number of amides is 1. The SMILES string of the molecule is CNc1ccc(C(=O)NC(C)c2nc(C)cs2)nc1. The highest BCUT2D eigenvalue weighted by Crippen LogP contribution is 2.17. The third-order valence-corrected chi connectivity index (χ3v) is 3.78. The van der Waals surface area contributed by atoms with Crippen LogP contribution in [0.1, 0.15) is 34.2 Å². The fraction of sp³-hybridized carbons (Fsp3) is 0.308. The van der Waals surface area contributed by atoms with Gasteiger partial charge in [-0.1, -0.05) is 0 Å². The van der Waals surface area contributed by atoms with Crippen molar-refractivity contribution < 1.29 is 4.79 Å². The van der Waals surface area contributed by atoms with Crippen LogP contribution >= 0.6 is 11.3 Å². The molecule has 2 aromatic heterocycles. The summed E-state index contributed by atoms with van der Waals surface area (Å²) >= 11 is 1.54. The molecule has 0 aromatic carbocycles. The van der Waals surface area contributed by atoms with Crippen molar-refractivity contribution in [3.8, 4) is 0 Å². The zero-order valence-corrected chi connectivity index (χ0v) is 11.9. The second-order valence-electron chi connectivity index (χ2n) is 4.20. The van der Waals surface area contributed by atoms with Crippen LogP contribution in [-0.2, 0) is 0 Å². The van der Waals surface area contributed by atoms with Gasteiger partial charge in [-0.3, -0.25) is 4.79 Å². The van der Waals surface area contributed by atoms with Crippen molar-refractivity contribution in [2.45, 2.75) is 19.9 Å². The summed E-state index contributed by atoms with van der Waals surface area (Å²) in [5, 5.41) is 8.72. The van der Waals surface area contributed by atoms with Crippen molar-refractivity contribution in [1.82, 2.24) is 15.3 Å². The quantitative estimate of drug-likeness (QED) is 0.899. The molecule has 5 nitrogen and oxygen atoms in total. The van der Waals surface area contributed by atoms with E-state index in [0.717, 1.165) is 16.4 Å². The highest BCUT2D eigenvalue weighted by Gasteiger charge is 2.14. The number of carbonyl (C=O) groups excluding carboxylic acids is 1. The van der Waals surface area contributed by atoms with Gasteiger partial charge in [0.05, 0.1) is 17.9 Å². The lowest BCUT2D eigenvalue weighted by Gasteiger charge is -2.11. The normalized spacial score (nSPS) is 11.9. The Hall–Kier alpha value is -1.95. The molecule has 2 aromatic rings. The van der Waals surface area contributed by atoms with E-state index in [0.29, 0.717) is 5.69 Å². The summed E-state index contributed by atoms with van der Waals surface area (Å²) in [6, 6.07) is 3.40. The minimum Gasteiger partial charge on any atom is -0.387 e. The van der Waals surface area contributed by atoms with E-state index in [1.807, 2.05) is 32.3 Å². The number of nitrogens with zero attached hydrogens (tertiary/aromatic N) is 2. The first kappa shape index (κ1) is 13.5.